The average Bonchev–Trinajstić information content (AvgIpc) is 2.76. The van der Waals surface area contributed by atoms with E-state index in [2.05, 4.69) is 0 Å². The first kappa shape index (κ1) is 12.0. The van der Waals surface area contributed by atoms with Gasteiger partial charge in [0, 0.05) is 6.26 Å². The Morgan fingerprint density at radius 1 is 1.12 bits per heavy atom. The van der Waals surface area contributed by atoms with Crippen molar-refractivity contribution in [2.75, 3.05) is 6.26 Å². The number of hydrogen-bond donors (Lipinski definition) is 0. The van der Waals surface area contributed by atoms with Crippen LogP contribution in [0.15, 0.2) is 40.6 Å². The molecular formula is C12H10O3S2. The van der Waals surface area contributed by atoms with E-state index in [9.17, 15) is 13.2 Å². The maximum atomic E-state index is 11.3. The van der Waals surface area contributed by atoms with E-state index in [-0.39, 0.29) is 0 Å². The van der Waals surface area contributed by atoms with Crippen molar-refractivity contribution < 1.29 is 13.2 Å². The van der Waals surface area contributed by atoms with E-state index >= 15 is 0 Å². The minimum absolute atomic E-state index is 0.298. The Labute approximate surface area is 104 Å². The summed E-state index contributed by atoms with van der Waals surface area (Å²) in [6, 6.07) is 8.42. The summed E-state index contributed by atoms with van der Waals surface area (Å²) in [6.45, 7) is 0. The van der Waals surface area contributed by atoms with Gasteiger partial charge in [-0.15, -0.1) is 11.3 Å². The Balaban J connectivity index is 2.38. The quantitative estimate of drug-likeness (QED) is 0.802. The molecule has 1 heterocycles. The summed E-state index contributed by atoms with van der Waals surface area (Å²) < 4.78 is 22.6. The van der Waals surface area contributed by atoms with E-state index in [0.717, 1.165) is 17.4 Å². The summed E-state index contributed by atoms with van der Waals surface area (Å²) in [5, 5.41) is 1.87. The molecule has 17 heavy (non-hydrogen) atoms. The highest BCUT2D eigenvalue weighted by molar-refractivity contribution is 7.90. The molecule has 0 amide bonds. The van der Waals surface area contributed by atoms with Crippen LogP contribution >= 0.6 is 11.3 Å². The minimum Gasteiger partial charge on any atom is -0.297 e. The molecular weight excluding hydrogens is 256 g/mol. The van der Waals surface area contributed by atoms with Crippen molar-refractivity contribution in [3.05, 3.63) is 40.6 Å². The molecule has 0 aliphatic carbocycles. The second kappa shape index (κ2) is 4.43. The van der Waals surface area contributed by atoms with Crippen LogP contribution in [0.4, 0.5) is 0 Å². The standard InChI is InChI=1S/C12H10O3S2/c1-17(14,15)12-4-2-9(3-5-12)10-6-11(7-13)16-8-10/h2-8H,1H3. The van der Waals surface area contributed by atoms with Gasteiger partial charge in [0.05, 0.1) is 9.77 Å². The molecule has 0 aliphatic rings. The Kier molecular flexibility index (Phi) is 3.13. The normalized spacial score (nSPS) is 11.4. The summed E-state index contributed by atoms with van der Waals surface area (Å²) in [4.78, 5) is 11.5. The Morgan fingerprint density at radius 3 is 2.24 bits per heavy atom. The lowest BCUT2D eigenvalue weighted by Crippen LogP contribution is -1.95. The van der Waals surface area contributed by atoms with Crippen LogP contribution in [0.1, 0.15) is 9.67 Å². The zero-order chi connectivity index (χ0) is 12.5. The zero-order valence-electron chi connectivity index (χ0n) is 9.08. The van der Waals surface area contributed by atoms with Gasteiger partial charge in [0.2, 0.25) is 0 Å². The lowest BCUT2D eigenvalue weighted by Gasteiger charge is -2.00. The maximum absolute atomic E-state index is 11.3. The third-order valence-corrected chi connectivity index (χ3v) is 4.34. The second-order valence-corrected chi connectivity index (χ2v) is 6.61. The third-order valence-electron chi connectivity index (χ3n) is 2.35. The molecule has 0 spiro atoms. The molecule has 0 atom stereocenters. The van der Waals surface area contributed by atoms with Gasteiger partial charge < -0.3 is 0 Å². The number of carbonyl (C=O) groups is 1. The topological polar surface area (TPSA) is 51.2 Å². The van der Waals surface area contributed by atoms with Crippen LogP contribution in [-0.2, 0) is 9.84 Å². The van der Waals surface area contributed by atoms with E-state index < -0.39 is 9.84 Å². The number of aldehydes is 1. The molecule has 0 unspecified atom stereocenters. The SMILES string of the molecule is CS(=O)(=O)c1ccc(-c2csc(C=O)c2)cc1. The van der Waals surface area contributed by atoms with Gasteiger partial charge in [0.1, 0.15) is 0 Å². The highest BCUT2D eigenvalue weighted by Crippen LogP contribution is 2.25. The van der Waals surface area contributed by atoms with Crippen LogP contribution in [0.2, 0.25) is 0 Å². The van der Waals surface area contributed by atoms with Gasteiger partial charge in [-0.2, -0.15) is 0 Å². The number of hydrogen-bond acceptors (Lipinski definition) is 4. The monoisotopic (exact) mass is 266 g/mol. The molecule has 0 bridgehead atoms. The fourth-order valence-electron chi connectivity index (χ4n) is 1.46. The molecule has 0 aliphatic heterocycles. The van der Waals surface area contributed by atoms with Crippen LogP contribution in [0.25, 0.3) is 11.1 Å². The number of thiophene rings is 1. The lowest BCUT2D eigenvalue weighted by atomic mass is 10.1. The van der Waals surface area contributed by atoms with E-state index in [4.69, 9.17) is 0 Å². The summed E-state index contributed by atoms with van der Waals surface area (Å²) in [5.41, 5.74) is 1.83. The summed E-state index contributed by atoms with van der Waals surface area (Å²) in [6.07, 6.45) is 1.98. The first-order valence-corrected chi connectivity index (χ1v) is 7.62. The first-order chi connectivity index (χ1) is 8.00. The minimum atomic E-state index is -3.15. The van der Waals surface area contributed by atoms with Gasteiger partial charge in [-0.25, -0.2) is 8.42 Å². The van der Waals surface area contributed by atoms with Crippen molar-refractivity contribution in [2.45, 2.75) is 4.90 Å². The van der Waals surface area contributed by atoms with E-state index in [1.807, 2.05) is 5.38 Å². The van der Waals surface area contributed by atoms with E-state index in [0.29, 0.717) is 9.77 Å². The molecule has 3 nitrogen and oxygen atoms in total. The fraction of sp³-hybridized carbons (Fsp3) is 0.0833. The van der Waals surface area contributed by atoms with Crippen molar-refractivity contribution in [3.8, 4) is 11.1 Å². The summed E-state index contributed by atoms with van der Waals surface area (Å²) >= 11 is 1.37. The Morgan fingerprint density at radius 2 is 1.76 bits per heavy atom. The molecule has 1 aromatic heterocycles. The van der Waals surface area contributed by atoms with Gasteiger partial charge in [-0.3, -0.25) is 4.79 Å². The van der Waals surface area contributed by atoms with Crippen LogP contribution in [0, 0.1) is 0 Å². The largest absolute Gasteiger partial charge is 0.297 e. The Bertz CT molecular complexity index is 637. The van der Waals surface area contributed by atoms with Gasteiger partial charge in [-0.1, -0.05) is 12.1 Å². The van der Waals surface area contributed by atoms with Crippen LogP contribution in [0.3, 0.4) is 0 Å². The molecule has 0 saturated heterocycles. The molecule has 1 aromatic carbocycles. The number of sulfone groups is 1. The molecule has 88 valence electrons. The van der Waals surface area contributed by atoms with Crippen LogP contribution in [0.5, 0.6) is 0 Å². The molecule has 5 heteroatoms. The summed E-state index contributed by atoms with van der Waals surface area (Å²) in [7, 11) is -3.15. The lowest BCUT2D eigenvalue weighted by molar-refractivity contribution is 0.112. The summed E-state index contributed by atoms with van der Waals surface area (Å²) in [5.74, 6) is 0. The number of rotatable bonds is 3. The van der Waals surface area contributed by atoms with E-state index in [1.54, 1.807) is 30.3 Å². The second-order valence-electron chi connectivity index (χ2n) is 3.65. The van der Waals surface area contributed by atoms with Crippen LogP contribution < -0.4 is 0 Å². The molecule has 2 rings (SSSR count). The van der Waals surface area contributed by atoms with E-state index in [1.165, 1.54) is 17.6 Å². The molecule has 0 saturated carbocycles. The van der Waals surface area contributed by atoms with Gasteiger partial charge in [0.25, 0.3) is 0 Å². The average molecular weight is 266 g/mol. The van der Waals surface area contributed by atoms with Gasteiger partial charge >= 0.3 is 0 Å². The number of benzene rings is 1. The van der Waals surface area contributed by atoms with Crippen molar-refractivity contribution >= 4 is 27.5 Å². The predicted octanol–water partition coefficient (Wildman–Crippen LogP) is 2.63. The van der Waals surface area contributed by atoms with Crippen molar-refractivity contribution in [1.29, 1.82) is 0 Å². The van der Waals surface area contributed by atoms with Crippen molar-refractivity contribution in [1.82, 2.24) is 0 Å². The van der Waals surface area contributed by atoms with Gasteiger partial charge in [0.15, 0.2) is 16.1 Å². The highest BCUT2D eigenvalue weighted by Gasteiger charge is 2.07. The fourth-order valence-corrected chi connectivity index (χ4v) is 2.81. The molecule has 0 radical (unpaired) electrons. The van der Waals surface area contributed by atoms with Crippen molar-refractivity contribution in [3.63, 3.8) is 0 Å². The highest BCUT2D eigenvalue weighted by atomic mass is 32.2. The molecule has 0 N–H and O–H groups in total. The number of carbonyl (C=O) groups excluding carboxylic acids is 1. The first-order valence-electron chi connectivity index (χ1n) is 4.85. The molecule has 0 fully saturated rings. The van der Waals surface area contributed by atoms with Gasteiger partial charge in [-0.05, 0) is 34.7 Å². The zero-order valence-corrected chi connectivity index (χ0v) is 10.7. The molecule has 2 aromatic rings. The Hall–Kier alpha value is -1.46. The van der Waals surface area contributed by atoms with Crippen LogP contribution in [-0.4, -0.2) is 21.0 Å². The maximum Gasteiger partial charge on any atom is 0.175 e. The smallest absolute Gasteiger partial charge is 0.175 e. The predicted molar refractivity (Wildman–Crippen MR) is 68.3 cm³/mol. The van der Waals surface area contributed by atoms with Crippen molar-refractivity contribution in [2.24, 2.45) is 0 Å². The third kappa shape index (κ3) is 2.62.